The molecule has 2 rings (SSSR count). The normalized spacial score (nSPS) is 10.3. The van der Waals surface area contributed by atoms with E-state index >= 15 is 0 Å². The summed E-state index contributed by atoms with van der Waals surface area (Å²) < 4.78 is 10.1. The molecule has 18 heavy (non-hydrogen) atoms. The van der Waals surface area contributed by atoms with Crippen LogP contribution in [-0.2, 0) is 0 Å². The number of nitrogens with zero attached hydrogens (tertiary/aromatic N) is 2. The van der Waals surface area contributed by atoms with Crippen LogP contribution in [0.3, 0.4) is 0 Å². The zero-order valence-corrected chi connectivity index (χ0v) is 9.62. The third kappa shape index (κ3) is 2.24. The maximum absolute atomic E-state index is 10.8. The van der Waals surface area contributed by atoms with E-state index in [1.165, 1.54) is 24.3 Å². The Bertz CT molecular complexity index is 579. The van der Waals surface area contributed by atoms with Gasteiger partial charge in [0.2, 0.25) is 5.88 Å². The SMILES string of the molecule is CCOc1ccc([N+](=O)[O-])cc1-c1cc(N)on1. The van der Waals surface area contributed by atoms with Gasteiger partial charge in [0.05, 0.1) is 17.1 Å². The topological polar surface area (TPSA) is 104 Å². The number of nitro benzene ring substituents is 1. The van der Waals surface area contributed by atoms with Crippen molar-refractivity contribution in [3.8, 4) is 17.0 Å². The second-order valence-electron chi connectivity index (χ2n) is 3.49. The number of hydrogen-bond acceptors (Lipinski definition) is 6. The van der Waals surface area contributed by atoms with E-state index in [1.807, 2.05) is 6.92 Å². The fourth-order valence-corrected chi connectivity index (χ4v) is 1.53. The molecule has 1 heterocycles. The highest BCUT2D eigenvalue weighted by atomic mass is 16.6. The molecule has 0 aliphatic rings. The van der Waals surface area contributed by atoms with Crippen molar-refractivity contribution in [3.63, 3.8) is 0 Å². The van der Waals surface area contributed by atoms with Gasteiger partial charge in [0.25, 0.3) is 5.69 Å². The molecule has 0 aliphatic carbocycles. The summed E-state index contributed by atoms with van der Waals surface area (Å²) in [7, 11) is 0. The van der Waals surface area contributed by atoms with Crippen molar-refractivity contribution in [2.75, 3.05) is 12.3 Å². The molecule has 0 bridgehead atoms. The molecule has 2 aromatic rings. The number of nitrogens with two attached hydrogens (primary N) is 1. The number of anilines is 1. The average Bonchev–Trinajstić information content (AvgIpc) is 2.76. The minimum atomic E-state index is -0.483. The van der Waals surface area contributed by atoms with Crippen LogP contribution in [0.1, 0.15) is 6.92 Å². The largest absolute Gasteiger partial charge is 0.493 e. The quantitative estimate of drug-likeness (QED) is 0.658. The summed E-state index contributed by atoms with van der Waals surface area (Å²) in [6.45, 7) is 2.26. The molecule has 0 fully saturated rings. The number of hydrogen-bond donors (Lipinski definition) is 1. The average molecular weight is 249 g/mol. The lowest BCUT2D eigenvalue weighted by molar-refractivity contribution is -0.384. The summed E-state index contributed by atoms with van der Waals surface area (Å²) in [5.74, 6) is 0.635. The van der Waals surface area contributed by atoms with Crippen molar-refractivity contribution in [1.82, 2.24) is 5.16 Å². The first kappa shape index (κ1) is 11.9. The summed E-state index contributed by atoms with van der Waals surface area (Å²) in [5.41, 5.74) is 6.27. The summed E-state index contributed by atoms with van der Waals surface area (Å²) in [5, 5.41) is 14.5. The maximum Gasteiger partial charge on any atom is 0.270 e. The number of benzene rings is 1. The molecule has 1 aromatic heterocycles. The van der Waals surface area contributed by atoms with Crippen LogP contribution >= 0.6 is 0 Å². The van der Waals surface area contributed by atoms with Crippen LogP contribution in [0, 0.1) is 10.1 Å². The van der Waals surface area contributed by atoms with Gasteiger partial charge in [-0.1, -0.05) is 5.16 Å². The third-order valence-corrected chi connectivity index (χ3v) is 2.28. The van der Waals surface area contributed by atoms with E-state index in [0.29, 0.717) is 23.6 Å². The van der Waals surface area contributed by atoms with Crippen LogP contribution in [0.4, 0.5) is 11.6 Å². The van der Waals surface area contributed by atoms with Crippen LogP contribution in [0.2, 0.25) is 0 Å². The van der Waals surface area contributed by atoms with E-state index in [9.17, 15) is 10.1 Å². The van der Waals surface area contributed by atoms with E-state index in [2.05, 4.69) is 5.16 Å². The first-order chi connectivity index (χ1) is 8.61. The van der Waals surface area contributed by atoms with E-state index in [0.717, 1.165) is 0 Å². The van der Waals surface area contributed by atoms with Crippen LogP contribution in [0.5, 0.6) is 5.75 Å². The third-order valence-electron chi connectivity index (χ3n) is 2.28. The molecule has 0 unspecified atom stereocenters. The molecule has 0 atom stereocenters. The lowest BCUT2D eigenvalue weighted by Gasteiger charge is -2.07. The second-order valence-corrected chi connectivity index (χ2v) is 3.49. The fraction of sp³-hybridized carbons (Fsp3) is 0.182. The van der Waals surface area contributed by atoms with Gasteiger partial charge < -0.3 is 15.0 Å². The van der Waals surface area contributed by atoms with E-state index in [4.69, 9.17) is 15.0 Å². The lowest BCUT2D eigenvalue weighted by Crippen LogP contribution is -1.96. The first-order valence-corrected chi connectivity index (χ1v) is 5.25. The lowest BCUT2D eigenvalue weighted by atomic mass is 10.1. The summed E-state index contributed by atoms with van der Waals surface area (Å²) >= 11 is 0. The molecular formula is C11H11N3O4. The van der Waals surface area contributed by atoms with Crippen LogP contribution in [0.15, 0.2) is 28.8 Å². The van der Waals surface area contributed by atoms with Crippen molar-refractivity contribution >= 4 is 11.6 Å². The Labute approximate surface area is 102 Å². The fourth-order valence-electron chi connectivity index (χ4n) is 1.53. The summed E-state index contributed by atoms with van der Waals surface area (Å²) in [6, 6.07) is 5.77. The molecule has 0 aliphatic heterocycles. The van der Waals surface area contributed by atoms with Crippen molar-refractivity contribution in [3.05, 3.63) is 34.4 Å². The standard InChI is InChI=1S/C11H11N3O4/c1-2-17-10-4-3-7(14(15)16)5-8(10)9-6-11(12)18-13-9/h3-6H,2,12H2,1H3. The summed E-state index contributed by atoms with van der Waals surface area (Å²) in [6.07, 6.45) is 0. The molecule has 0 radical (unpaired) electrons. The molecule has 0 saturated heterocycles. The predicted octanol–water partition coefficient (Wildman–Crippen LogP) is 2.23. The Morgan fingerprint density at radius 3 is 2.83 bits per heavy atom. The van der Waals surface area contributed by atoms with Gasteiger partial charge in [0.15, 0.2) is 0 Å². The number of nitro groups is 1. The highest BCUT2D eigenvalue weighted by Crippen LogP contribution is 2.33. The van der Waals surface area contributed by atoms with Crippen LogP contribution in [-0.4, -0.2) is 16.7 Å². The van der Waals surface area contributed by atoms with Crippen molar-refractivity contribution < 1.29 is 14.2 Å². The van der Waals surface area contributed by atoms with E-state index < -0.39 is 4.92 Å². The monoisotopic (exact) mass is 249 g/mol. The van der Waals surface area contributed by atoms with Gasteiger partial charge in [-0.2, -0.15) is 0 Å². The van der Waals surface area contributed by atoms with E-state index in [1.54, 1.807) is 0 Å². The predicted molar refractivity (Wildman–Crippen MR) is 64.2 cm³/mol. The van der Waals surface area contributed by atoms with Gasteiger partial charge in [-0.3, -0.25) is 10.1 Å². The molecule has 0 saturated carbocycles. The molecule has 94 valence electrons. The number of ether oxygens (including phenoxy) is 1. The molecule has 2 N–H and O–H groups in total. The van der Waals surface area contributed by atoms with Gasteiger partial charge >= 0.3 is 0 Å². The Hall–Kier alpha value is -2.57. The molecule has 7 heteroatoms. The zero-order valence-electron chi connectivity index (χ0n) is 9.62. The molecule has 7 nitrogen and oxygen atoms in total. The number of non-ortho nitro benzene ring substituents is 1. The highest BCUT2D eigenvalue weighted by Gasteiger charge is 2.16. The Balaban J connectivity index is 2.53. The Morgan fingerprint density at radius 1 is 1.50 bits per heavy atom. The number of rotatable bonds is 4. The molecule has 0 amide bonds. The van der Waals surface area contributed by atoms with Gasteiger partial charge in [-0.25, -0.2) is 0 Å². The first-order valence-electron chi connectivity index (χ1n) is 5.25. The van der Waals surface area contributed by atoms with E-state index in [-0.39, 0.29) is 11.6 Å². The minimum Gasteiger partial charge on any atom is -0.493 e. The number of nitrogen functional groups attached to an aromatic ring is 1. The van der Waals surface area contributed by atoms with Crippen LogP contribution < -0.4 is 10.5 Å². The highest BCUT2D eigenvalue weighted by molar-refractivity contribution is 5.71. The van der Waals surface area contributed by atoms with Crippen molar-refractivity contribution in [2.45, 2.75) is 6.92 Å². The molecule has 1 aromatic carbocycles. The maximum atomic E-state index is 10.8. The van der Waals surface area contributed by atoms with Gasteiger partial charge in [0, 0.05) is 18.2 Å². The van der Waals surface area contributed by atoms with Crippen molar-refractivity contribution in [1.29, 1.82) is 0 Å². The smallest absolute Gasteiger partial charge is 0.270 e. The van der Waals surface area contributed by atoms with Crippen molar-refractivity contribution in [2.24, 2.45) is 0 Å². The Kier molecular flexibility index (Phi) is 3.13. The summed E-state index contributed by atoms with van der Waals surface area (Å²) in [4.78, 5) is 10.3. The van der Waals surface area contributed by atoms with Gasteiger partial charge in [0.1, 0.15) is 11.4 Å². The van der Waals surface area contributed by atoms with Gasteiger partial charge in [-0.05, 0) is 13.0 Å². The number of aromatic nitrogens is 1. The zero-order chi connectivity index (χ0) is 13.1. The van der Waals surface area contributed by atoms with Gasteiger partial charge in [-0.15, -0.1) is 0 Å². The molecule has 0 spiro atoms. The Morgan fingerprint density at radius 2 is 2.28 bits per heavy atom. The molecular weight excluding hydrogens is 238 g/mol. The van der Waals surface area contributed by atoms with Crippen LogP contribution in [0.25, 0.3) is 11.3 Å². The minimum absolute atomic E-state index is 0.0463. The second kappa shape index (κ2) is 4.74.